The first-order valence-corrected chi connectivity index (χ1v) is 8.44. The zero-order chi connectivity index (χ0) is 14.3. The molecule has 0 spiro atoms. The van der Waals surface area contributed by atoms with E-state index in [1.165, 1.54) is 0 Å². The Morgan fingerprint density at radius 3 is 2.55 bits per heavy atom. The minimum absolute atomic E-state index is 0.00874. The molecule has 3 rings (SSSR count). The van der Waals surface area contributed by atoms with E-state index in [-0.39, 0.29) is 17.4 Å². The van der Waals surface area contributed by atoms with Gasteiger partial charge in [0.1, 0.15) is 0 Å². The first-order chi connectivity index (χ1) is 9.44. The molecule has 2 aliphatic rings. The maximum absolute atomic E-state index is 11.5. The Balaban J connectivity index is 1.90. The van der Waals surface area contributed by atoms with Gasteiger partial charge in [-0.05, 0) is 24.1 Å². The third-order valence-corrected chi connectivity index (χ3v) is 5.44. The van der Waals surface area contributed by atoms with Gasteiger partial charge in [0.25, 0.3) is 0 Å². The topological polar surface area (TPSA) is 92.5 Å². The minimum Gasteiger partial charge on any atom is -0.397 e. The molecular formula is C13H17N3O3S. The summed E-state index contributed by atoms with van der Waals surface area (Å²) in [5.74, 6) is 0.306. The van der Waals surface area contributed by atoms with Crippen molar-refractivity contribution in [1.29, 1.82) is 0 Å². The molecule has 1 aromatic carbocycles. The summed E-state index contributed by atoms with van der Waals surface area (Å²) >= 11 is 0. The van der Waals surface area contributed by atoms with Crippen molar-refractivity contribution in [1.82, 2.24) is 0 Å². The quantitative estimate of drug-likeness (QED) is 0.731. The molecule has 2 heterocycles. The van der Waals surface area contributed by atoms with Gasteiger partial charge in [-0.1, -0.05) is 0 Å². The smallest absolute Gasteiger partial charge is 0.224 e. The standard InChI is InChI=1S/C13H17N3O3S/c14-10-7-9-1-2-13(17)15-11(9)8-12(10)16-3-5-20(18,19)6-4-16/h7-8H,1-6,14H2,(H,15,17). The molecule has 6 nitrogen and oxygen atoms in total. The number of hydrogen-bond acceptors (Lipinski definition) is 5. The van der Waals surface area contributed by atoms with Crippen molar-refractivity contribution in [3.8, 4) is 0 Å². The highest BCUT2D eigenvalue weighted by atomic mass is 32.2. The molecule has 0 bridgehead atoms. The normalized spacial score (nSPS) is 21.2. The van der Waals surface area contributed by atoms with Crippen molar-refractivity contribution >= 4 is 32.8 Å². The highest BCUT2D eigenvalue weighted by Gasteiger charge is 2.24. The van der Waals surface area contributed by atoms with E-state index in [1.54, 1.807) is 0 Å². The molecule has 1 aromatic rings. The second-order valence-electron chi connectivity index (χ2n) is 5.26. The van der Waals surface area contributed by atoms with Gasteiger partial charge in [0.2, 0.25) is 5.91 Å². The molecule has 2 aliphatic heterocycles. The van der Waals surface area contributed by atoms with E-state index in [2.05, 4.69) is 5.32 Å². The van der Waals surface area contributed by atoms with Crippen molar-refractivity contribution in [2.45, 2.75) is 12.8 Å². The van der Waals surface area contributed by atoms with Crippen LogP contribution in [-0.2, 0) is 21.1 Å². The van der Waals surface area contributed by atoms with Crippen LogP contribution in [0.2, 0.25) is 0 Å². The molecule has 1 amide bonds. The summed E-state index contributed by atoms with van der Waals surface area (Å²) in [5, 5.41) is 2.84. The van der Waals surface area contributed by atoms with Crippen LogP contribution in [0.3, 0.4) is 0 Å². The van der Waals surface area contributed by atoms with Crippen LogP contribution in [0.4, 0.5) is 17.1 Å². The number of nitrogens with zero attached hydrogens (tertiary/aromatic N) is 1. The van der Waals surface area contributed by atoms with Gasteiger partial charge in [0.05, 0.1) is 22.9 Å². The van der Waals surface area contributed by atoms with E-state index in [0.717, 1.165) is 16.9 Å². The van der Waals surface area contributed by atoms with Crippen molar-refractivity contribution in [2.75, 3.05) is 40.5 Å². The van der Waals surface area contributed by atoms with E-state index < -0.39 is 9.84 Å². The SMILES string of the molecule is Nc1cc2c(cc1N1CCS(=O)(=O)CC1)NC(=O)CC2. The van der Waals surface area contributed by atoms with E-state index in [9.17, 15) is 13.2 Å². The number of nitrogens with two attached hydrogens (primary N) is 1. The zero-order valence-electron chi connectivity index (χ0n) is 11.1. The molecule has 0 aliphatic carbocycles. The number of carbonyl (C=O) groups is 1. The number of fused-ring (bicyclic) bond motifs is 1. The molecule has 0 unspecified atom stereocenters. The van der Waals surface area contributed by atoms with Crippen molar-refractivity contribution < 1.29 is 13.2 Å². The fourth-order valence-corrected chi connectivity index (χ4v) is 3.86. The van der Waals surface area contributed by atoms with Crippen LogP contribution < -0.4 is 16.0 Å². The van der Waals surface area contributed by atoms with Crippen LogP contribution in [0.1, 0.15) is 12.0 Å². The Labute approximate surface area is 117 Å². The van der Waals surface area contributed by atoms with Gasteiger partial charge in [-0.25, -0.2) is 8.42 Å². The Morgan fingerprint density at radius 1 is 1.15 bits per heavy atom. The molecule has 1 fully saturated rings. The maximum Gasteiger partial charge on any atom is 0.224 e. The summed E-state index contributed by atoms with van der Waals surface area (Å²) in [6.07, 6.45) is 1.17. The number of anilines is 3. The van der Waals surface area contributed by atoms with E-state index >= 15 is 0 Å². The van der Waals surface area contributed by atoms with Crippen LogP contribution >= 0.6 is 0 Å². The lowest BCUT2D eigenvalue weighted by Crippen LogP contribution is -2.40. The predicted octanol–water partition coefficient (Wildman–Crippen LogP) is 0.388. The summed E-state index contributed by atoms with van der Waals surface area (Å²) in [7, 11) is -2.91. The van der Waals surface area contributed by atoms with Gasteiger partial charge in [-0.3, -0.25) is 4.79 Å². The van der Waals surface area contributed by atoms with Gasteiger partial charge in [0, 0.05) is 25.2 Å². The third kappa shape index (κ3) is 2.45. The molecule has 20 heavy (non-hydrogen) atoms. The van der Waals surface area contributed by atoms with Crippen LogP contribution in [0, 0.1) is 0 Å². The van der Waals surface area contributed by atoms with Gasteiger partial charge in [-0.15, -0.1) is 0 Å². The summed E-state index contributed by atoms with van der Waals surface area (Å²) in [6.45, 7) is 0.887. The Bertz CT molecular complexity index is 656. The second-order valence-corrected chi connectivity index (χ2v) is 7.56. The summed E-state index contributed by atoms with van der Waals surface area (Å²) in [5.41, 5.74) is 9.35. The molecular weight excluding hydrogens is 278 g/mol. The van der Waals surface area contributed by atoms with E-state index in [4.69, 9.17) is 5.73 Å². The van der Waals surface area contributed by atoms with Gasteiger partial charge in [-0.2, -0.15) is 0 Å². The number of sulfone groups is 1. The van der Waals surface area contributed by atoms with Gasteiger partial charge in [0.15, 0.2) is 9.84 Å². The lowest BCUT2D eigenvalue weighted by molar-refractivity contribution is -0.116. The third-order valence-electron chi connectivity index (χ3n) is 3.83. The number of hydrogen-bond donors (Lipinski definition) is 2. The monoisotopic (exact) mass is 295 g/mol. The molecule has 0 radical (unpaired) electrons. The maximum atomic E-state index is 11.5. The largest absolute Gasteiger partial charge is 0.397 e. The molecule has 0 saturated carbocycles. The lowest BCUT2D eigenvalue weighted by atomic mass is 10.0. The average molecular weight is 295 g/mol. The molecule has 1 saturated heterocycles. The van der Waals surface area contributed by atoms with Gasteiger partial charge >= 0.3 is 0 Å². The van der Waals surface area contributed by atoms with Crippen LogP contribution in [0.15, 0.2) is 12.1 Å². The number of rotatable bonds is 1. The molecule has 0 aromatic heterocycles. The number of amides is 1. The van der Waals surface area contributed by atoms with Crippen LogP contribution in [0.5, 0.6) is 0 Å². The minimum atomic E-state index is -2.91. The Kier molecular flexibility index (Phi) is 3.08. The fraction of sp³-hybridized carbons (Fsp3) is 0.462. The first kappa shape index (κ1) is 13.2. The van der Waals surface area contributed by atoms with Crippen molar-refractivity contribution in [3.63, 3.8) is 0 Å². The Hall–Kier alpha value is -1.76. The summed E-state index contributed by atoms with van der Waals surface area (Å²) in [4.78, 5) is 13.4. The highest BCUT2D eigenvalue weighted by Crippen LogP contribution is 2.33. The number of aryl methyl sites for hydroxylation is 1. The predicted molar refractivity (Wildman–Crippen MR) is 78.7 cm³/mol. The van der Waals surface area contributed by atoms with Crippen LogP contribution in [0.25, 0.3) is 0 Å². The number of nitrogens with one attached hydrogen (secondary N) is 1. The molecule has 3 N–H and O–H groups in total. The lowest BCUT2D eigenvalue weighted by Gasteiger charge is -2.31. The summed E-state index contributed by atoms with van der Waals surface area (Å²) in [6, 6.07) is 3.74. The number of nitrogen functional groups attached to an aromatic ring is 1. The second kappa shape index (κ2) is 4.66. The number of carbonyl (C=O) groups excluding carboxylic acids is 1. The zero-order valence-corrected chi connectivity index (χ0v) is 11.9. The van der Waals surface area contributed by atoms with Crippen molar-refractivity contribution in [2.24, 2.45) is 0 Å². The van der Waals surface area contributed by atoms with Crippen LogP contribution in [-0.4, -0.2) is 38.9 Å². The average Bonchev–Trinajstić information content (AvgIpc) is 2.39. The molecule has 0 atom stereocenters. The first-order valence-electron chi connectivity index (χ1n) is 6.62. The van der Waals surface area contributed by atoms with E-state index in [0.29, 0.717) is 31.6 Å². The number of benzene rings is 1. The summed E-state index contributed by atoms with van der Waals surface area (Å²) < 4.78 is 22.9. The molecule has 108 valence electrons. The molecule has 7 heteroatoms. The fourth-order valence-electron chi connectivity index (χ4n) is 2.66. The van der Waals surface area contributed by atoms with Crippen molar-refractivity contribution in [3.05, 3.63) is 17.7 Å². The van der Waals surface area contributed by atoms with E-state index in [1.807, 2.05) is 17.0 Å². The van der Waals surface area contributed by atoms with Gasteiger partial charge < -0.3 is 16.0 Å². The highest BCUT2D eigenvalue weighted by molar-refractivity contribution is 7.91. The Morgan fingerprint density at radius 2 is 1.85 bits per heavy atom.